The van der Waals surface area contributed by atoms with Crippen LogP contribution in [0.3, 0.4) is 0 Å². The number of anilines is 3. The van der Waals surface area contributed by atoms with Crippen LogP contribution in [0.4, 0.5) is 17.2 Å². The number of benzene rings is 2. The molecule has 7 nitrogen and oxygen atoms in total. The van der Waals surface area contributed by atoms with Gasteiger partial charge in [-0.15, -0.1) is 0 Å². The number of aryl methyl sites for hydroxylation is 1. The zero-order valence-electron chi connectivity index (χ0n) is 16.5. The van der Waals surface area contributed by atoms with Crippen LogP contribution in [0.5, 0.6) is 0 Å². The zero-order chi connectivity index (χ0) is 20.8. The van der Waals surface area contributed by atoms with E-state index in [-0.39, 0.29) is 17.6 Å². The molecule has 0 unspecified atom stereocenters. The Bertz CT molecular complexity index is 1030. The van der Waals surface area contributed by atoms with Crippen molar-refractivity contribution in [3.8, 4) is 0 Å². The van der Waals surface area contributed by atoms with Gasteiger partial charge in [-0.05, 0) is 62.2 Å². The summed E-state index contributed by atoms with van der Waals surface area (Å²) in [7, 11) is 0. The van der Waals surface area contributed by atoms with Gasteiger partial charge in [-0.2, -0.15) is 0 Å². The van der Waals surface area contributed by atoms with Gasteiger partial charge in [0.1, 0.15) is 17.8 Å². The molecule has 0 atom stereocenters. The first-order valence-corrected chi connectivity index (χ1v) is 9.21. The Hall–Kier alpha value is -3.74. The lowest BCUT2D eigenvalue weighted by molar-refractivity contribution is 0.0526. The van der Waals surface area contributed by atoms with Crippen LogP contribution in [0.15, 0.2) is 54.9 Å². The van der Waals surface area contributed by atoms with Gasteiger partial charge in [0.15, 0.2) is 0 Å². The van der Waals surface area contributed by atoms with Gasteiger partial charge in [0.25, 0.3) is 5.91 Å². The van der Waals surface area contributed by atoms with Crippen molar-refractivity contribution in [3.63, 3.8) is 0 Å². The molecule has 0 bridgehead atoms. The van der Waals surface area contributed by atoms with Crippen molar-refractivity contribution in [1.82, 2.24) is 9.97 Å². The highest BCUT2D eigenvalue weighted by Crippen LogP contribution is 2.20. The van der Waals surface area contributed by atoms with Crippen LogP contribution < -0.4 is 10.6 Å². The number of hydrogen-bond acceptors (Lipinski definition) is 6. The quantitative estimate of drug-likeness (QED) is 0.611. The summed E-state index contributed by atoms with van der Waals surface area (Å²) in [5.41, 5.74) is 4.28. The Morgan fingerprint density at radius 1 is 1.03 bits per heavy atom. The van der Waals surface area contributed by atoms with Crippen LogP contribution in [-0.4, -0.2) is 28.5 Å². The summed E-state index contributed by atoms with van der Waals surface area (Å²) in [6.45, 7) is 6.03. The number of carbonyl (C=O) groups is 2. The maximum atomic E-state index is 12.6. The number of nitrogens with zero attached hydrogens (tertiary/aromatic N) is 2. The monoisotopic (exact) mass is 390 g/mol. The van der Waals surface area contributed by atoms with Crippen molar-refractivity contribution in [2.24, 2.45) is 0 Å². The molecule has 0 saturated heterocycles. The molecule has 0 radical (unpaired) electrons. The molecule has 3 aromatic rings. The molecule has 0 aliphatic rings. The number of esters is 1. The molecule has 1 heterocycles. The third-order valence-corrected chi connectivity index (χ3v) is 4.42. The van der Waals surface area contributed by atoms with Crippen molar-refractivity contribution in [1.29, 1.82) is 0 Å². The molecule has 7 heteroatoms. The van der Waals surface area contributed by atoms with E-state index in [0.717, 1.165) is 22.5 Å². The summed E-state index contributed by atoms with van der Waals surface area (Å²) in [5.74, 6) is -0.219. The molecule has 29 heavy (non-hydrogen) atoms. The van der Waals surface area contributed by atoms with E-state index < -0.39 is 0 Å². The molecule has 2 N–H and O–H groups in total. The van der Waals surface area contributed by atoms with Crippen molar-refractivity contribution in [2.45, 2.75) is 20.8 Å². The van der Waals surface area contributed by atoms with E-state index in [1.165, 1.54) is 6.33 Å². The molecule has 1 aromatic heterocycles. The topological polar surface area (TPSA) is 93.2 Å². The lowest BCUT2D eigenvalue weighted by atomic mass is 10.1. The van der Waals surface area contributed by atoms with Gasteiger partial charge in [0.2, 0.25) is 0 Å². The zero-order valence-corrected chi connectivity index (χ0v) is 16.5. The third-order valence-electron chi connectivity index (χ3n) is 4.42. The number of carbonyl (C=O) groups excluding carboxylic acids is 2. The summed E-state index contributed by atoms with van der Waals surface area (Å²) in [6, 6.07) is 14.1. The highest BCUT2D eigenvalue weighted by Gasteiger charge is 2.12. The Kier molecular flexibility index (Phi) is 6.19. The van der Waals surface area contributed by atoms with E-state index in [4.69, 9.17) is 4.74 Å². The standard InChI is InChI=1S/C22H22N4O3/c1-4-29-22(28)16-8-10-17(11-9-16)25-20-12-19(23-13-24-20)21(27)26-18-7-5-6-14(2)15(18)3/h5-13H,4H2,1-3H3,(H,26,27)(H,23,24,25). The second kappa shape index (κ2) is 8.97. The summed E-state index contributed by atoms with van der Waals surface area (Å²) in [5, 5.41) is 5.98. The molecule has 0 spiro atoms. The lowest BCUT2D eigenvalue weighted by Crippen LogP contribution is -2.15. The van der Waals surface area contributed by atoms with Crippen LogP contribution in [0.2, 0.25) is 0 Å². The van der Waals surface area contributed by atoms with Crippen molar-refractivity contribution < 1.29 is 14.3 Å². The number of hydrogen-bond donors (Lipinski definition) is 2. The molecule has 0 aliphatic heterocycles. The Morgan fingerprint density at radius 3 is 2.52 bits per heavy atom. The summed E-state index contributed by atoms with van der Waals surface area (Å²) >= 11 is 0. The second-order valence-corrected chi connectivity index (χ2v) is 6.41. The Morgan fingerprint density at radius 2 is 1.79 bits per heavy atom. The predicted molar refractivity (Wildman–Crippen MR) is 112 cm³/mol. The third kappa shape index (κ3) is 4.95. The summed E-state index contributed by atoms with van der Waals surface area (Å²) < 4.78 is 4.97. The van der Waals surface area contributed by atoms with Crippen molar-refractivity contribution >= 4 is 29.1 Å². The minimum absolute atomic E-state index is 0.242. The van der Waals surface area contributed by atoms with E-state index >= 15 is 0 Å². The molecule has 0 fully saturated rings. The fourth-order valence-corrected chi connectivity index (χ4v) is 2.67. The van der Waals surface area contributed by atoms with E-state index in [0.29, 0.717) is 18.0 Å². The first kappa shape index (κ1) is 20.0. The highest BCUT2D eigenvalue weighted by atomic mass is 16.5. The van der Waals surface area contributed by atoms with Crippen LogP contribution in [0, 0.1) is 13.8 Å². The number of amides is 1. The average molecular weight is 390 g/mol. The predicted octanol–water partition coefficient (Wildman–Crippen LogP) is 4.27. The van der Waals surface area contributed by atoms with Crippen molar-refractivity contribution in [3.05, 3.63) is 77.2 Å². The highest BCUT2D eigenvalue weighted by molar-refractivity contribution is 6.03. The fourth-order valence-electron chi connectivity index (χ4n) is 2.67. The van der Waals surface area contributed by atoms with E-state index in [1.807, 2.05) is 32.0 Å². The molecule has 0 saturated carbocycles. The van der Waals surface area contributed by atoms with Crippen LogP contribution in [0.25, 0.3) is 0 Å². The van der Waals surface area contributed by atoms with Gasteiger partial charge in [0.05, 0.1) is 12.2 Å². The first-order chi connectivity index (χ1) is 14.0. The van der Waals surface area contributed by atoms with E-state index in [9.17, 15) is 9.59 Å². The summed E-state index contributed by atoms with van der Waals surface area (Å²) in [4.78, 5) is 32.5. The molecule has 0 aliphatic carbocycles. The minimum Gasteiger partial charge on any atom is -0.462 e. The van der Waals surface area contributed by atoms with Crippen LogP contribution in [-0.2, 0) is 4.74 Å². The van der Waals surface area contributed by atoms with E-state index in [2.05, 4.69) is 20.6 Å². The smallest absolute Gasteiger partial charge is 0.338 e. The largest absolute Gasteiger partial charge is 0.462 e. The summed E-state index contributed by atoms with van der Waals surface area (Å²) in [6.07, 6.45) is 1.33. The molecular formula is C22H22N4O3. The first-order valence-electron chi connectivity index (χ1n) is 9.21. The van der Waals surface area contributed by atoms with Gasteiger partial charge in [0, 0.05) is 17.4 Å². The minimum atomic E-state index is -0.369. The van der Waals surface area contributed by atoms with Gasteiger partial charge in [-0.3, -0.25) is 4.79 Å². The maximum absolute atomic E-state index is 12.6. The Labute approximate surface area is 169 Å². The van der Waals surface area contributed by atoms with Gasteiger partial charge in [-0.1, -0.05) is 12.1 Å². The molecular weight excluding hydrogens is 368 g/mol. The van der Waals surface area contributed by atoms with Crippen LogP contribution >= 0.6 is 0 Å². The Balaban J connectivity index is 1.71. The second-order valence-electron chi connectivity index (χ2n) is 6.41. The van der Waals surface area contributed by atoms with Gasteiger partial charge < -0.3 is 15.4 Å². The molecule has 1 amide bonds. The normalized spacial score (nSPS) is 10.3. The number of rotatable bonds is 6. The molecule has 148 valence electrons. The number of ether oxygens (including phenoxy) is 1. The average Bonchev–Trinajstić information content (AvgIpc) is 2.72. The van der Waals surface area contributed by atoms with Gasteiger partial charge >= 0.3 is 5.97 Å². The SMILES string of the molecule is CCOC(=O)c1ccc(Nc2cc(C(=O)Nc3cccc(C)c3C)ncn2)cc1. The molecule has 3 rings (SSSR count). The van der Waals surface area contributed by atoms with Crippen LogP contribution in [0.1, 0.15) is 38.9 Å². The fraction of sp³-hybridized carbons (Fsp3) is 0.182. The number of aromatic nitrogens is 2. The molecule has 2 aromatic carbocycles. The van der Waals surface area contributed by atoms with E-state index in [1.54, 1.807) is 37.3 Å². The maximum Gasteiger partial charge on any atom is 0.338 e. The lowest BCUT2D eigenvalue weighted by Gasteiger charge is -2.11. The van der Waals surface area contributed by atoms with Crippen molar-refractivity contribution in [2.75, 3.05) is 17.2 Å². The number of nitrogens with one attached hydrogen (secondary N) is 2. The van der Waals surface area contributed by atoms with Gasteiger partial charge in [-0.25, -0.2) is 14.8 Å².